The number of nitrogens with one attached hydrogen (secondary N) is 1. The molecule has 0 bridgehead atoms. The van der Waals surface area contributed by atoms with Gasteiger partial charge in [0.2, 0.25) is 0 Å². The third-order valence-electron chi connectivity index (χ3n) is 4.92. The van der Waals surface area contributed by atoms with Gasteiger partial charge < -0.3 is 15.0 Å². The van der Waals surface area contributed by atoms with Crippen LogP contribution in [0.15, 0.2) is 53.4 Å². The number of carbonyl (C=O) groups is 1. The molecule has 0 aliphatic carbocycles. The average molecular weight is 419 g/mol. The lowest BCUT2D eigenvalue weighted by Gasteiger charge is -2.26. The first kappa shape index (κ1) is 21.2. The molecule has 3 rings (SSSR count). The van der Waals surface area contributed by atoms with Crippen molar-refractivity contribution in [1.82, 2.24) is 10.2 Å². The number of likely N-dealkylation sites (N-methyl/N-ethyl adjacent to an activating group) is 1. The molecule has 1 aliphatic heterocycles. The molecule has 6 heteroatoms. The number of ether oxygens (including phenoxy) is 1. The second kappa shape index (κ2) is 10.3. The fourth-order valence-corrected chi connectivity index (χ4v) is 4.72. The topological polar surface area (TPSA) is 41.6 Å². The highest BCUT2D eigenvalue weighted by atomic mass is 35.5. The predicted molar refractivity (Wildman–Crippen MR) is 116 cm³/mol. The van der Waals surface area contributed by atoms with Crippen LogP contribution >= 0.6 is 23.4 Å². The molecule has 150 valence electrons. The van der Waals surface area contributed by atoms with Crippen molar-refractivity contribution < 1.29 is 9.53 Å². The van der Waals surface area contributed by atoms with Crippen LogP contribution in [0.2, 0.25) is 5.02 Å². The van der Waals surface area contributed by atoms with Crippen molar-refractivity contribution in [3.05, 3.63) is 64.7 Å². The number of halogens is 1. The highest BCUT2D eigenvalue weighted by molar-refractivity contribution is 7.99. The van der Waals surface area contributed by atoms with E-state index in [2.05, 4.69) is 10.2 Å². The maximum Gasteiger partial charge on any atom is 0.252 e. The van der Waals surface area contributed by atoms with E-state index in [9.17, 15) is 4.79 Å². The Morgan fingerprint density at radius 2 is 2.00 bits per heavy atom. The Balaban J connectivity index is 1.66. The molecule has 0 spiro atoms. The van der Waals surface area contributed by atoms with Gasteiger partial charge in [0.05, 0.1) is 17.7 Å². The van der Waals surface area contributed by atoms with Gasteiger partial charge in [0, 0.05) is 28.8 Å². The van der Waals surface area contributed by atoms with Gasteiger partial charge in [-0.25, -0.2) is 0 Å². The smallest absolute Gasteiger partial charge is 0.252 e. The first-order valence-corrected chi connectivity index (χ1v) is 10.9. The quantitative estimate of drug-likeness (QED) is 0.634. The maximum atomic E-state index is 12.9. The zero-order valence-corrected chi connectivity index (χ0v) is 17.9. The fourth-order valence-electron chi connectivity index (χ4n) is 3.34. The van der Waals surface area contributed by atoms with Gasteiger partial charge >= 0.3 is 0 Å². The second-order valence-corrected chi connectivity index (χ2v) is 8.62. The van der Waals surface area contributed by atoms with Gasteiger partial charge in [0.25, 0.3) is 5.91 Å². The summed E-state index contributed by atoms with van der Waals surface area (Å²) in [5.41, 5.74) is 1.72. The number of nitrogens with zero attached hydrogens (tertiary/aromatic N) is 1. The van der Waals surface area contributed by atoms with Crippen LogP contribution in [0.4, 0.5) is 0 Å². The lowest BCUT2D eigenvalue weighted by molar-refractivity contribution is 0.0938. The van der Waals surface area contributed by atoms with E-state index >= 15 is 0 Å². The number of amides is 1. The summed E-state index contributed by atoms with van der Waals surface area (Å²) in [5.74, 6) is 0.818. The third-order valence-corrected chi connectivity index (χ3v) is 6.47. The minimum Gasteiger partial charge on any atom is -0.377 e. The van der Waals surface area contributed by atoms with Gasteiger partial charge in [-0.05, 0) is 50.7 Å². The fraction of sp³-hybridized carbons (Fsp3) is 0.409. The van der Waals surface area contributed by atoms with Gasteiger partial charge in [-0.1, -0.05) is 41.9 Å². The number of hydrogen-bond acceptors (Lipinski definition) is 4. The van der Waals surface area contributed by atoms with Crippen LogP contribution in [0.25, 0.3) is 0 Å². The molecule has 0 aromatic heterocycles. The van der Waals surface area contributed by atoms with Crippen LogP contribution in [-0.2, 0) is 4.74 Å². The van der Waals surface area contributed by atoms with Crippen LogP contribution in [0.3, 0.4) is 0 Å². The predicted octanol–water partition coefficient (Wildman–Crippen LogP) is 4.64. The molecule has 0 saturated carbocycles. The standard InChI is InChI=1S/C22H27ClN2O2S/c1-25(2)20(17-9-3-5-11-19(17)23)14-24-22(26)18-10-4-6-12-21(18)28-15-16-8-7-13-27-16/h3-6,9-12,16,20H,7-8,13-15H2,1-2H3,(H,24,26)/t16-,20-/m1/s1. The Morgan fingerprint density at radius 1 is 1.25 bits per heavy atom. The van der Waals surface area contributed by atoms with Crippen molar-refractivity contribution in [2.45, 2.75) is 29.9 Å². The van der Waals surface area contributed by atoms with E-state index in [4.69, 9.17) is 16.3 Å². The lowest BCUT2D eigenvalue weighted by Crippen LogP contribution is -2.35. The third kappa shape index (κ3) is 5.51. The molecule has 1 aliphatic rings. The number of thioether (sulfide) groups is 1. The van der Waals surface area contributed by atoms with E-state index in [1.54, 1.807) is 11.8 Å². The highest BCUT2D eigenvalue weighted by Gasteiger charge is 2.20. The molecule has 4 nitrogen and oxygen atoms in total. The van der Waals surface area contributed by atoms with E-state index in [1.165, 1.54) is 0 Å². The number of hydrogen-bond donors (Lipinski definition) is 1. The molecule has 2 aromatic carbocycles. The summed E-state index contributed by atoms with van der Waals surface area (Å²) in [4.78, 5) is 16.0. The molecular weight excluding hydrogens is 392 g/mol. The van der Waals surface area contributed by atoms with Crippen molar-refractivity contribution in [1.29, 1.82) is 0 Å². The molecule has 1 saturated heterocycles. The minimum atomic E-state index is -0.0608. The zero-order valence-electron chi connectivity index (χ0n) is 16.4. The Labute approximate surface area is 176 Å². The van der Waals surface area contributed by atoms with E-state index in [0.29, 0.717) is 23.2 Å². The summed E-state index contributed by atoms with van der Waals surface area (Å²) in [6.45, 7) is 1.33. The van der Waals surface area contributed by atoms with Crippen molar-refractivity contribution in [2.75, 3.05) is 33.0 Å². The maximum absolute atomic E-state index is 12.9. The molecule has 2 atom stereocenters. The first-order valence-electron chi connectivity index (χ1n) is 9.58. The number of benzene rings is 2. The molecule has 0 unspecified atom stereocenters. The van der Waals surface area contributed by atoms with E-state index in [0.717, 1.165) is 35.7 Å². The van der Waals surface area contributed by atoms with Gasteiger partial charge in [-0.15, -0.1) is 11.8 Å². The summed E-state index contributed by atoms with van der Waals surface area (Å²) >= 11 is 8.06. The molecule has 1 amide bonds. The Morgan fingerprint density at radius 3 is 2.71 bits per heavy atom. The minimum absolute atomic E-state index is 0.00403. The van der Waals surface area contributed by atoms with Gasteiger partial charge in [0.1, 0.15) is 0 Å². The van der Waals surface area contributed by atoms with Crippen molar-refractivity contribution >= 4 is 29.3 Å². The van der Waals surface area contributed by atoms with Crippen LogP contribution in [0.5, 0.6) is 0 Å². The largest absolute Gasteiger partial charge is 0.377 e. The summed E-state index contributed by atoms with van der Waals surface area (Å²) in [7, 11) is 3.98. The van der Waals surface area contributed by atoms with Crippen molar-refractivity contribution in [3.8, 4) is 0 Å². The summed E-state index contributed by atoms with van der Waals surface area (Å²) in [6.07, 6.45) is 2.52. The summed E-state index contributed by atoms with van der Waals surface area (Å²) in [5, 5.41) is 3.80. The second-order valence-electron chi connectivity index (χ2n) is 7.15. The molecule has 28 heavy (non-hydrogen) atoms. The molecule has 1 N–H and O–H groups in total. The Kier molecular flexibility index (Phi) is 7.80. The van der Waals surface area contributed by atoms with Gasteiger partial charge in [-0.3, -0.25) is 4.79 Å². The normalized spacial score (nSPS) is 17.6. The van der Waals surface area contributed by atoms with Crippen LogP contribution in [0.1, 0.15) is 34.8 Å². The Bertz CT molecular complexity index is 794. The first-order chi connectivity index (χ1) is 13.6. The van der Waals surface area contributed by atoms with Crippen molar-refractivity contribution in [3.63, 3.8) is 0 Å². The molecule has 0 radical (unpaired) electrons. The van der Waals surface area contributed by atoms with Crippen molar-refractivity contribution in [2.24, 2.45) is 0 Å². The Hall–Kier alpha value is -1.53. The number of carbonyl (C=O) groups excluding carboxylic acids is 1. The van der Waals surface area contributed by atoms with E-state index < -0.39 is 0 Å². The van der Waals surface area contributed by atoms with Crippen LogP contribution in [0, 0.1) is 0 Å². The van der Waals surface area contributed by atoms with E-state index in [-0.39, 0.29) is 11.9 Å². The van der Waals surface area contributed by atoms with E-state index in [1.807, 2.05) is 62.6 Å². The van der Waals surface area contributed by atoms with Gasteiger partial charge in [0.15, 0.2) is 0 Å². The summed E-state index contributed by atoms with van der Waals surface area (Å²) in [6, 6.07) is 15.5. The highest BCUT2D eigenvalue weighted by Crippen LogP contribution is 2.28. The van der Waals surface area contributed by atoms with Crippen LogP contribution in [-0.4, -0.2) is 49.9 Å². The average Bonchev–Trinajstić information content (AvgIpc) is 3.21. The zero-order chi connectivity index (χ0) is 19.9. The monoisotopic (exact) mass is 418 g/mol. The molecular formula is C22H27ClN2O2S. The molecule has 1 fully saturated rings. The van der Waals surface area contributed by atoms with Crippen LogP contribution < -0.4 is 5.32 Å². The van der Waals surface area contributed by atoms with Gasteiger partial charge in [-0.2, -0.15) is 0 Å². The number of rotatable bonds is 8. The lowest BCUT2D eigenvalue weighted by atomic mass is 10.1. The molecule has 2 aromatic rings. The summed E-state index contributed by atoms with van der Waals surface area (Å²) < 4.78 is 5.70. The SMILES string of the molecule is CN(C)[C@H](CNC(=O)c1ccccc1SC[C@H]1CCCO1)c1ccccc1Cl. The molecule has 1 heterocycles.